The number of allylic oxidation sites excluding steroid dienone is 1. The molecule has 0 aliphatic rings. The van der Waals surface area contributed by atoms with Crippen molar-refractivity contribution < 1.29 is 17.9 Å². The number of hydrogen-bond acceptors (Lipinski definition) is 4. The summed E-state index contributed by atoms with van der Waals surface area (Å²) in [5, 5.41) is 2.66. The van der Waals surface area contributed by atoms with Crippen LogP contribution in [0.4, 0.5) is 5.69 Å². The molecule has 1 amide bonds. The lowest BCUT2D eigenvalue weighted by molar-refractivity contribution is -0.112. The van der Waals surface area contributed by atoms with Crippen LogP contribution in [0.2, 0.25) is 0 Å². The van der Waals surface area contributed by atoms with Crippen molar-refractivity contribution >= 4 is 37.4 Å². The van der Waals surface area contributed by atoms with Gasteiger partial charge < -0.3 is 10.1 Å². The van der Waals surface area contributed by atoms with Gasteiger partial charge in [-0.1, -0.05) is 28.6 Å². The largest absolute Gasteiger partial charge is 0.470 e. The summed E-state index contributed by atoms with van der Waals surface area (Å²) in [6, 6.07) is 11.1. The van der Waals surface area contributed by atoms with Gasteiger partial charge >= 0.3 is 0 Å². The molecular formula is C20H20BrNO4S. The maximum atomic E-state index is 13.0. The molecule has 0 spiro atoms. The van der Waals surface area contributed by atoms with Crippen molar-refractivity contribution in [1.29, 1.82) is 0 Å². The number of carbonyl (C=O) groups is 1. The minimum atomic E-state index is -3.80. The van der Waals surface area contributed by atoms with Crippen molar-refractivity contribution in [2.75, 3.05) is 5.32 Å². The average Bonchev–Trinajstić information content (AvgIpc) is 2.59. The van der Waals surface area contributed by atoms with Gasteiger partial charge in [-0.15, -0.1) is 0 Å². The summed E-state index contributed by atoms with van der Waals surface area (Å²) < 4.78 is 32.0. The Morgan fingerprint density at radius 2 is 1.78 bits per heavy atom. The molecule has 7 heteroatoms. The number of hydrogen-bond donors (Lipinski definition) is 1. The fourth-order valence-electron chi connectivity index (χ4n) is 2.18. The molecule has 0 aliphatic heterocycles. The van der Waals surface area contributed by atoms with Gasteiger partial charge in [-0.25, -0.2) is 8.42 Å². The van der Waals surface area contributed by atoms with Crippen molar-refractivity contribution in [1.82, 2.24) is 0 Å². The molecule has 0 aliphatic carbocycles. The number of ether oxygens (including phenoxy) is 1. The summed E-state index contributed by atoms with van der Waals surface area (Å²) in [6.07, 6.45) is 1.27. The van der Waals surface area contributed by atoms with E-state index < -0.39 is 15.7 Å². The van der Waals surface area contributed by atoms with E-state index in [0.29, 0.717) is 5.76 Å². The summed E-state index contributed by atoms with van der Waals surface area (Å²) in [5.74, 6) is -0.0229. The van der Waals surface area contributed by atoms with Crippen molar-refractivity contribution in [3.63, 3.8) is 0 Å². The van der Waals surface area contributed by atoms with Gasteiger partial charge in [0.15, 0.2) is 0 Å². The van der Waals surface area contributed by atoms with Gasteiger partial charge in [0.25, 0.3) is 5.91 Å². The molecule has 27 heavy (non-hydrogen) atoms. The van der Waals surface area contributed by atoms with Gasteiger partial charge in [0.1, 0.15) is 0 Å². The lowest BCUT2D eigenvalue weighted by Gasteiger charge is -2.13. The molecule has 0 heterocycles. The van der Waals surface area contributed by atoms with E-state index in [1.54, 1.807) is 38.1 Å². The van der Waals surface area contributed by atoms with Gasteiger partial charge in [-0.3, -0.25) is 4.79 Å². The lowest BCUT2D eigenvalue weighted by atomic mass is 10.2. The third-order valence-electron chi connectivity index (χ3n) is 3.59. The van der Waals surface area contributed by atoms with E-state index in [1.807, 2.05) is 6.92 Å². The van der Waals surface area contributed by atoms with Crippen LogP contribution in [0.3, 0.4) is 0 Å². The second-order valence-corrected chi connectivity index (χ2v) is 8.87. The Morgan fingerprint density at radius 1 is 1.15 bits per heavy atom. The lowest BCUT2D eigenvalue weighted by Crippen LogP contribution is -2.16. The number of amides is 1. The van der Waals surface area contributed by atoms with E-state index in [0.717, 1.165) is 10.0 Å². The monoisotopic (exact) mass is 449 g/mol. The summed E-state index contributed by atoms with van der Waals surface area (Å²) in [4.78, 5) is 12.6. The number of nitrogens with one attached hydrogen (secondary N) is 1. The predicted octanol–water partition coefficient (Wildman–Crippen LogP) is 4.98. The van der Waals surface area contributed by atoms with Crippen LogP contribution in [-0.2, 0) is 19.4 Å². The highest BCUT2D eigenvalue weighted by atomic mass is 79.9. The minimum absolute atomic E-state index is 0.0254. The van der Waals surface area contributed by atoms with Crippen LogP contribution in [-0.4, -0.2) is 14.3 Å². The molecule has 142 valence electrons. The van der Waals surface area contributed by atoms with Gasteiger partial charge in [0.05, 0.1) is 27.5 Å². The molecular weight excluding hydrogens is 430 g/mol. The predicted molar refractivity (Wildman–Crippen MR) is 109 cm³/mol. The highest BCUT2D eigenvalue weighted by molar-refractivity contribution is 9.10. The van der Waals surface area contributed by atoms with Crippen LogP contribution < -0.4 is 5.32 Å². The highest BCUT2D eigenvalue weighted by Gasteiger charge is 2.22. The number of rotatable bonds is 6. The summed E-state index contributed by atoms with van der Waals surface area (Å²) in [7, 11) is -3.80. The molecule has 0 aromatic heterocycles. The highest BCUT2D eigenvalue weighted by Crippen LogP contribution is 2.29. The number of anilines is 1. The van der Waals surface area contributed by atoms with E-state index >= 15 is 0 Å². The molecule has 0 radical (unpaired) electrons. The first-order chi connectivity index (χ1) is 12.6. The van der Waals surface area contributed by atoms with E-state index in [4.69, 9.17) is 4.74 Å². The standard InChI is InChI=1S/C20H20BrNO4S/c1-13(2)26-12-15(4)20(23)22-18-11-14(3)5-10-19(18)27(24,25)17-8-6-16(21)7-9-17/h5-12H,1H2,2-4H3,(H,22,23)/b15-12+. The van der Waals surface area contributed by atoms with Crippen LogP contribution in [0, 0.1) is 6.92 Å². The van der Waals surface area contributed by atoms with E-state index in [1.165, 1.54) is 24.5 Å². The summed E-state index contributed by atoms with van der Waals surface area (Å²) in [6.45, 7) is 8.63. The van der Waals surface area contributed by atoms with Crippen LogP contribution >= 0.6 is 15.9 Å². The maximum absolute atomic E-state index is 13.0. The Balaban J connectivity index is 2.43. The van der Waals surface area contributed by atoms with Crippen LogP contribution in [0.1, 0.15) is 19.4 Å². The van der Waals surface area contributed by atoms with E-state index in [2.05, 4.69) is 27.8 Å². The Morgan fingerprint density at radius 3 is 2.37 bits per heavy atom. The first kappa shape index (κ1) is 20.9. The summed E-state index contributed by atoms with van der Waals surface area (Å²) in [5.41, 5.74) is 1.32. The third kappa shape index (κ3) is 5.30. The van der Waals surface area contributed by atoms with Gasteiger partial charge in [-0.05, 0) is 62.7 Å². The molecule has 0 fully saturated rings. The summed E-state index contributed by atoms with van der Waals surface area (Å²) >= 11 is 3.29. The van der Waals surface area contributed by atoms with E-state index in [-0.39, 0.29) is 21.1 Å². The molecule has 0 unspecified atom stereocenters. The molecule has 0 saturated heterocycles. The molecule has 2 rings (SSSR count). The number of halogens is 1. The molecule has 2 aromatic carbocycles. The zero-order valence-corrected chi connectivity index (χ0v) is 17.6. The number of aryl methyl sites for hydroxylation is 1. The molecule has 1 N–H and O–H groups in total. The van der Waals surface area contributed by atoms with Crippen LogP contribution in [0.5, 0.6) is 0 Å². The minimum Gasteiger partial charge on any atom is -0.470 e. The molecule has 2 aromatic rings. The fraction of sp³-hybridized carbons (Fsp3) is 0.150. The topological polar surface area (TPSA) is 72.5 Å². The molecule has 0 atom stereocenters. The van der Waals surface area contributed by atoms with Gasteiger partial charge in [0.2, 0.25) is 9.84 Å². The molecule has 0 bridgehead atoms. The second kappa shape index (κ2) is 8.54. The quantitative estimate of drug-likeness (QED) is 0.498. The SMILES string of the molecule is C=C(C)O/C=C(\C)C(=O)Nc1cc(C)ccc1S(=O)(=O)c1ccc(Br)cc1. The first-order valence-electron chi connectivity index (χ1n) is 8.03. The fourth-order valence-corrected chi connectivity index (χ4v) is 3.84. The Kier molecular flexibility index (Phi) is 6.62. The van der Waals surface area contributed by atoms with Crippen molar-refractivity contribution in [2.24, 2.45) is 0 Å². The van der Waals surface area contributed by atoms with Crippen molar-refractivity contribution in [2.45, 2.75) is 30.6 Å². The van der Waals surface area contributed by atoms with Crippen molar-refractivity contribution in [3.05, 3.63) is 76.7 Å². The third-order valence-corrected chi connectivity index (χ3v) is 5.95. The average molecular weight is 450 g/mol. The van der Waals surface area contributed by atoms with Crippen molar-refractivity contribution in [3.8, 4) is 0 Å². The Labute approximate surface area is 167 Å². The first-order valence-corrected chi connectivity index (χ1v) is 10.3. The maximum Gasteiger partial charge on any atom is 0.254 e. The van der Waals surface area contributed by atoms with E-state index in [9.17, 15) is 13.2 Å². The normalized spacial score (nSPS) is 11.8. The zero-order valence-electron chi connectivity index (χ0n) is 15.2. The van der Waals surface area contributed by atoms with Gasteiger partial charge in [0, 0.05) is 10.0 Å². The van der Waals surface area contributed by atoms with Crippen LogP contribution in [0.25, 0.3) is 0 Å². The molecule has 5 nitrogen and oxygen atoms in total. The van der Waals surface area contributed by atoms with Gasteiger partial charge in [-0.2, -0.15) is 0 Å². The number of benzene rings is 2. The smallest absolute Gasteiger partial charge is 0.254 e. The Bertz CT molecular complexity index is 1010. The Hall–Kier alpha value is -2.38. The number of carbonyl (C=O) groups excluding carboxylic acids is 1. The molecule has 0 saturated carbocycles. The van der Waals surface area contributed by atoms with Crippen LogP contribution in [0.15, 0.2) is 80.9 Å². The number of sulfone groups is 1. The zero-order chi connectivity index (χ0) is 20.2. The second-order valence-electron chi connectivity index (χ2n) is 6.03.